The molecule has 1 unspecified atom stereocenters. The fraction of sp³-hybridized carbons (Fsp3) is 0.600. The van der Waals surface area contributed by atoms with Gasteiger partial charge in [-0.15, -0.1) is 0 Å². The molecule has 0 spiro atoms. The van der Waals surface area contributed by atoms with Gasteiger partial charge in [-0.05, 0) is 25.0 Å². The third kappa shape index (κ3) is 5.58. The van der Waals surface area contributed by atoms with E-state index in [1.165, 1.54) is 6.26 Å². The first kappa shape index (κ1) is 18.4. The number of rotatable bonds is 8. The molecular weight excluding hydrogens is 310 g/mol. The Morgan fingerprint density at radius 2 is 2.00 bits per heavy atom. The molecule has 0 radical (unpaired) electrons. The minimum atomic E-state index is -3.30. The standard InChI is InChI=1S/C15H24ClNO3S/c1-5-20-10-14(11(2)3)17-9-12-13(16)7-6-8-15(12)21(4,18)19/h6-8,11,14,17H,5,9-10H2,1-4H3. The molecule has 21 heavy (non-hydrogen) atoms. The minimum Gasteiger partial charge on any atom is -0.380 e. The van der Waals surface area contributed by atoms with E-state index in [0.717, 1.165) is 0 Å². The number of nitrogens with one attached hydrogen (secondary N) is 1. The maximum Gasteiger partial charge on any atom is 0.175 e. The van der Waals surface area contributed by atoms with Crippen LogP contribution in [0.2, 0.25) is 5.02 Å². The van der Waals surface area contributed by atoms with Crippen molar-refractivity contribution in [3.05, 3.63) is 28.8 Å². The molecule has 0 heterocycles. The average molecular weight is 334 g/mol. The number of hydrogen-bond acceptors (Lipinski definition) is 4. The third-order valence-corrected chi connectivity index (χ3v) is 4.86. The zero-order chi connectivity index (χ0) is 16.0. The first-order valence-electron chi connectivity index (χ1n) is 7.06. The summed E-state index contributed by atoms with van der Waals surface area (Å²) in [6.45, 7) is 7.80. The second-order valence-electron chi connectivity index (χ2n) is 5.38. The molecule has 0 aliphatic heterocycles. The van der Waals surface area contributed by atoms with Crippen LogP contribution >= 0.6 is 11.6 Å². The molecule has 1 rings (SSSR count). The lowest BCUT2D eigenvalue weighted by Gasteiger charge is -2.23. The van der Waals surface area contributed by atoms with Crippen molar-refractivity contribution < 1.29 is 13.2 Å². The molecule has 0 saturated carbocycles. The average Bonchev–Trinajstić information content (AvgIpc) is 2.38. The summed E-state index contributed by atoms with van der Waals surface area (Å²) in [5, 5.41) is 3.81. The molecule has 0 aromatic heterocycles. The van der Waals surface area contributed by atoms with Gasteiger partial charge < -0.3 is 10.1 Å². The molecule has 4 nitrogen and oxygen atoms in total. The SMILES string of the molecule is CCOCC(NCc1c(Cl)cccc1S(C)(=O)=O)C(C)C. The van der Waals surface area contributed by atoms with Crippen molar-refractivity contribution in [3.63, 3.8) is 0 Å². The fourth-order valence-corrected chi connectivity index (χ4v) is 3.28. The monoisotopic (exact) mass is 333 g/mol. The van der Waals surface area contributed by atoms with Gasteiger partial charge in [0, 0.05) is 36.0 Å². The van der Waals surface area contributed by atoms with E-state index in [1.54, 1.807) is 18.2 Å². The highest BCUT2D eigenvalue weighted by Gasteiger charge is 2.18. The molecule has 0 amide bonds. The van der Waals surface area contributed by atoms with Gasteiger partial charge >= 0.3 is 0 Å². The highest BCUT2D eigenvalue weighted by Crippen LogP contribution is 2.24. The number of hydrogen-bond donors (Lipinski definition) is 1. The van der Waals surface area contributed by atoms with Gasteiger partial charge in [0.1, 0.15) is 0 Å². The Kier molecular flexibility index (Phi) is 7.13. The maximum atomic E-state index is 11.8. The summed E-state index contributed by atoms with van der Waals surface area (Å²) in [5.41, 5.74) is 0.615. The molecule has 1 atom stereocenters. The normalized spacial score (nSPS) is 13.6. The van der Waals surface area contributed by atoms with Gasteiger partial charge in [0.2, 0.25) is 0 Å². The lowest BCUT2D eigenvalue weighted by atomic mass is 10.0. The molecule has 0 fully saturated rings. The number of ether oxygens (including phenoxy) is 1. The molecule has 0 aliphatic carbocycles. The largest absolute Gasteiger partial charge is 0.380 e. The van der Waals surface area contributed by atoms with E-state index in [9.17, 15) is 8.42 Å². The molecule has 120 valence electrons. The summed E-state index contributed by atoms with van der Waals surface area (Å²) in [6, 6.07) is 5.10. The zero-order valence-electron chi connectivity index (χ0n) is 13.0. The Labute approximate surface area is 132 Å². The Morgan fingerprint density at radius 3 is 2.52 bits per heavy atom. The Morgan fingerprint density at radius 1 is 1.33 bits per heavy atom. The number of sulfone groups is 1. The highest BCUT2D eigenvalue weighted by atomic mass is 35.5. The Hall–Kier alpha value is -0.620. The number of halogens is 1. The van der Waals surface area contributed by atoms with Crippen LogP contribution < -0.4 is 5.32 Å². The summed E-state index contributed by atoms with van der Waals surface area (Å²) in [7, 11) is -3.30. The predicted octanol–water partition coefficient (Wildman–Crippen LogP) is 2.89. The van der Waals surface area contributed by atoms with Gasteiger partial charge in [0.15, 0.2) is 9.84 Å². The van der Waals surface area contributed by atoms with E-state index in [0.29, 0.717) is 36.3 Å². The van der Waals surface area contributed by atoms with Crippen LogP contribution in [0.5, 0.6) is 0 Å². The highest BCUT2D eigenvalue weighted by molar-refractivity contribution is 7.90. The van der Waals surface area contributed by atoms with Crippen molar-refractivity contribution >= 4 is 21.4 Å². The molecule has 6 heteroatoms. The quantitative estimate of drug-likeness (QED) is 0.794. The predicted molar refractivity (Wildman–Crippen MR) is 86.5 cm³/mol. The van der Waals surface area contributed by atoms with Crippen molar-refractivity contribution in [2.24, 2.45) is 5.92 Å². The molecule has 1 aromatic carbocycles. The van der Waals surface area contributed by atoms with Crippen molar-refractivity contribution in [2.45, 2.75) is 38.3 Å². The van der Waals surface area contributed by atoms with E-state index in [-0.39, 0.29) is 10.9 Å². The summed E-state index contributed by atoms with van der Waals surface area (Å²) in [4.78, 5) is 0.279. The van der Waals surface area contributed by atoms with Gasteiger partial charge in [0.25, 0.3) is 0 Å². The lowest BCUT2D eigenvalue weighted by Crippen LogP contribution is -2.37. The molecule has 0 bridgehead atoms. The minimum absolute atomic E-state index is 0.147. The topological polar surface area (TPSA) is 55.4 Å². The second-order valence-corrected chi connectivity index (χ2v) is 7.77. The summed E-state index contributed by atoms with van der Waals surface area (Å²) >= 11 is 6.17. The summed E-state index contributed by atoms with van der Waals surface area (Å²) < 4.78 is 29.2. The van der Waals surface area contributed by atoms with E-state index < -0.39 is 9.84 Å². The van der Waals surface area contributed by atoms with Crippen molar-refractivity contribution in [1.29, 1.82) is 0 Å². The van der Waals surface area contributed by atoms with E-state index in [2.05, 4.69) is 19.2 Å². The van der Waals surface area contributed by atoms with Gasteiger partial charge in [-0.25, -0.2) is 8.42 Å². The zero-order valence-corrected chi connectivity index (χ0v) is 14.6. The van der Waals surface area contributed by atoms with Gasteiger partial charge in [0.05, 0.1) is 11.5 Å². The van der Waals surface area contributed by atoms with Crippen molar-refractivity contribution in [2.75, 3.05) is 19.5 Å². The van der Waals surface area contributed by atoms with Gasteiger partial charge in [-0.2, -0.15) is 0 Å². The van der Waals surface area contributed by atoms with Crippen LogP contribution in [0.25, 0.3) is 0 Å². The van der Waals surface area contributed by atoms with Crippen LogP contribution in [0.1, 0.15) is 26.3 Å². The van der Waals surface area contributed by atoms with Crippen LogP contribution in [-0.2, 0) is 21.1 Å². The maximum absolute atomic E-state index is 11.8. The molecular formula is C15H24ClNO3S. The van der Waals surface area contributed by atoms with Crippen molar-refractivity contribution in [3.8, 4) is 0 Å². The van der Waals surface area contributed by atoms with Gasteiger partial charge in [-0.1, -0.05) is 31.5 Å². The van der Waals surface area contributed by atoms with Crippen molar-refractivity contribution in [1.82, 2.24) is 5.32 Å². The van der Waals surface area contributed by atoms with E-state index >= 15 is 0 Å². The first-order valence-corrected chi connectivity index (χ1v) is 9.32. The van der Waals surface area contributed by atoms with Crippen LogP contribution in [0, 0.1) is 5.92 Å². The molecule has 1 aromatic rings. The van der Waals surface area contributed by atoms with Crippen LogP contribution in [0.15, 0.2) is 23.1 Å². The third-order valence-electron chi connectivity index (χ3n) is 3.32. The van der Waals surface area contributed by atoms with Gasteiger partial charge in [-0.3, -0.25) is 0 Å². The molecule has 0 saturated heterocycles. The van der Waals surface area contributed by atoms with Crippen LogP contribution in [-0.4, -0.2) is 33.9 Å². The number of benzene rings is 1. The lowest BCUT2D eigenvalue weighted by molar-refractivity contribution is 0.108. The van der Waals surface area contributed by atoms with E-state index in [4.69, 9.17) is 16.3 Å². The second kappa shape index (κ2) is 8.13. The first-order chi connectivity index (χ1) is 9.77. The van der Waals surface area contributed by atoms with E-state index in [1.807, 2.05) is 6.92 Å². The van der Waals surface area contributed by atoms with Crippen LogP contribution in [0.4, 0.5) is 0 Å². The summed E-state index contributed by atoms with van der Waals surface area (Å²) in [6.07, 6.45) is 1.20. The van der Waals surface area contributed by atoms with Crippen LogP contribution in [0.3, 0.4) is 0 Å². The Balaban J connectivity index is 2.92. The smallest absolute Gasteiger partial charge is 0.175 e. The molecule has 1 N–H and O–H groups in total. The molecule has 0 aliphatic rings. The summed E-state index contributed by atoms with van der Waals surface area (Å²) in [5.74, 6) is 0.376. The Bertz CT molecular complexity index is 558. The fourth-order valence-electron chi connectivity index (χ4n) is 2.02.